The van der Waals surface area contributed by atoms with E-state index in [1.165, 1.54) is 37.8 Å². The molecule has 3 aromatic carbocycles. The van der Waals surface area contributed by atoms with E-state index in [1.807, 2.05) is 41.5 Å². The highest BCUT2D eigenvalue weighted by atomic mass is 16.6. The predicted molar refractivity (Wildman–Crippen MR) is 234 cm³/mol. The number of carbonyl (C=O) groups is 5. The third-order valence-electron chi connectivity index (χ3n) is 15.3. The quantitative estimate of drug-likeness (QED) is 0.0941. The molecule has 3 aromatic rings. The monoisotopic (exact) mass is 834 g/mol. The van der Waals surface area contributed by atoms with E-state index in [-0.39, 0.29) is 57.1 Å². The average molecular weight is 835 g/mol. The lowest BCUT2D eigenvalue weighted by atomic mass is 9.65. The van der Waals surface area contributed by atoms with Crippen LogP contribution in [-0.4, -0.2) is 40.2 Å². The number of phenols is 1. The summed E-state index contributed by atoms with van der Waals surface area (Å²) < 4.78 is 17.0. The zero-order valence-electron chi connectivity index (χ0n) is 37.9. The number of ether oxygens (including phenoxy) is 3. The molecule has 61 heavy (non-hydrogen) atoms. The van der Waals surface area contributed by atoms with Crippen molar-refractivity contribution in [1.29, 1.82) is 0 Å². The number of hydrogen-bond donors (Lipinski definition) is 1. The first kappa shape index (κ1) is 45.7. The summed E-state index contributed by atoms with van der Waals surface area (Å²) >= 11 is 0. The Labute approximate surface area is 362 Å². The number of carbonyl (C=O) groups excluding carboxylic acids is 5. The lowest BCUT2D eigenvalue weighted by molar-refractivity contribution is -0.183. The Hall–Kier alpha value is -4.79. The number of aromatic hydroxyl groups is 1. The number of phenolic OH excluding ortho intramolecular Hbond substituents is 1. The third kappa shape index (κ3) is 8.81. The van der Waals surface area contributed by atoms with E-state index in [4.69, 9.17) is 19.3 Å². The molecule has 0 aliphatic heterocycles. The van der Waals surface area contributed by atoms with Crippen molar-refractivity contribution in [3.05, 3.63) is 89.0 Å². The van der Waals surface area contributed by atoms with Crippen molar-refractivity contribution in [2.45, 2.75) is 133 Å². The molecule has 5 aliphatic carbocycles. The Morgan fingerprint density at radius 3 is 1.72 bits per heavy atom. The van der Waals surface area contributed by atoms with Gasteiger partial charge in [0.1, 0.15) is 22.8 Å². The minimum absolute atomic E-state index is 0.0455. The lowest BCUT2D eigenvalue weighted by Crippen LogP contribution is -2.49. The first-order chi connectivity index (χ1) is 28.7. The summed E-state index contributed by atoms with van der Waals surface area (Å²) in [5.74, 6) is 4.97. The van der Waals surface area contributed by atoms with Gasteiger partial charge >= 0.3 is 17.9 Å². The second-order valence-electron chi connectivity index (χ2n) is 20.0. The van der Waals surface area contributed by atoms with Gasteiger partial charge in [-0.05, 0) is 159 Å². The summed E-state index contributed by atoms with van der Waals surface area (Å²) in [6, 6.07) is 17.6. The van der Waals surface area contributed by atoms with Gasteiger partial charge in [-0.2, -0.15) is 0 Å². The van der Waals surface area contributed by atoms with Crippen LogP contribution in [0, 0.1) is 51.8 Å². The minimum Gasteiger partial charge on any atom is -0.508 e. The van der Waals surface area contributed by atoms with Gasteiger partial charge in [0.2, 0.25) is 0 Å². The Morgan fingerprint density at radius 2 is 1.15 bits per heavy atom. The fourth-order valence-corrected chi connectivity index (χ4v) is 10.2. The molecule has 4 saturated carbocycles. The lowest BCUT2D eigenvalue weighted by Gasteiger charge is -2.46. The van der Waals surface area contributed by atoms with Crippen LogP contribution < -0.4 is 9.47 Å². The van der Waals surface area contributed by atoms with E-state index in [0.717, 1.165) is 55.3 Å². The van der Waals surface area contributed by atoms with Crippen molar-refractivity contribution in [3.8, 4) is 17.2 Å². The Morgan fingerprint density at radius 1 is 0.623 bits per heavy atom. The van der Waals surface area contributed by atoms with Crippen LogP contribution in [0.25, 0.3) is 0 Å². The molecule has 0 radical (unpaired) electrons. The van der Waals surface area contributed by atoms with Crippen LogP contribution in [0.3, 0.4) is 0 Å². The maximum Gasteiger partial charge on any atom is 0.316 e. The van der Waals surface area contributed by atoms with Crippen LogP contribution in [-0.2, 0) is 19.1 Å². The van der Waals surface area contributed by atoms with E-state index in [0.29, 0.717) is 29.2 Å². The molecule has 0 spiro atoms. The van der Waals surface area contributed by atoms with Crippen LogP contribution in [0.15, 0.2) is 66.7 Å². The highest BCUT2D eigenvalue weighted by molar-refractivity contribution is 6.29. The van der Waals surface area contributed by atoms with Gasteiger partial charge in [-0.25, -0.2) is 0 Å². The van der Waals surface area contributed by atoms with Gasteiger partial charge in [-0.15, -0.1) is 0 Å². The molecule has 9 nitrogen and oxygen atoms in total. The fourth-order valence-electron chi connectivity index (χ4n) is 10.2. The Kier molecular flexibility index (Phi) is 13.1. The molecule has 7 unspecified atom stereocenters. The average Bonchev–Trinajstić information content (AvgIpc) is 4.05. The van der Waals surface area contributed by atoms with E-state index in [1.54, 1.807) is 68.4 Å². The van der Waals surface area contributed by atoms with Gasteiger partial charge in [0.15, 0.2) is 11.6 Å². The Bertz CT molecular complexity index is 2150. The summed E-state index contributed by atoms with van der Waals surface area (Å²) in [7, 11) is 0. The minimum atomic E-state index is -0.664. The smallest absolute Gasteiger partial charge is 0.316 e. The van der Waals surface area contributed by atoms with Gasteiger partial charge in [0.25, 0.3) is 0 Å². The predicted octanol–water partition coefficient (Wildman–Crippen LogP) is 11.4. The summed E-state index contributed by atoms with van der Waals surface area (Å²) in [5.41, 5.74) is -0.432. The molecule has 328 valence electrons. The molecular formula is C52H66O9. The molecule has 8 rings (SSSR count). The Balaban J connectivity index is 0.000000157. The zero-order valence-corrected chi connectivity index (χ0v) is 37.9. The highest BCUT2D eigenvalue weighted by Gasteiger charge is 2.68. The number of esters is 3. The van der Waals surface area contributed by atoms with E-state index in [9.17, 15) is 24.0 Å². The second kappa shape index (κ2) is 17.5. The van der Waals surface area contributed by atoms with Crippen LogP contribution in [0.2, 0.25) is 0 Å². The van der Waals surface area contributed by atoms with Gasteiger partial charge in [-0.3, -0.25) is 24.0 Å². The number of fused-ring (bicyclic) bond motifs is 11. The first-order valence-corrected chi connectivity index (χ1v) is 22.5. The molecule has 5 aliphatic rings. The molecule has 0 saturated heterocycles. The molecule has 0 aromatic heterocycles. The summed E-state index contributed by atoms with van der Waals surface area (Å²) in [6.07, 6.45) is 10.1. The van der Waals surface area contributed by atoms with Gasteiger partial charge in [-0.1, -0.05) is 64.1 Å². The number of ketones is 2. The number of hydrogen-bond acceptors (Lipinski definition) is 9. The van der Waals surface area contributed by atoms with E-state index >= 15 is 0 Å². The van der Waals surface area contributed by atoms with Crippen molar-refractivity contribution in [3.63, 3.8) is 0 Å². The SMILES string of the molecule is CCC(C)(C)C(=O)OC1(CC)CC2CC1C1C3CCC(C3)C21.CCC(C)(C)C(=O)Oc1ccc(O)cc1.CCC(C)(C)C(=O)Oc1cccc2c1C(=O)c1ccccc1C2=O. The standard InChI is InChI=1S/C20H18O4.C20H32O2.C12H16O3/c1-4-20(2,3)19(23)24-15-11-7-10-14-16(15)18(22)13-9-6-5-8-12(13)17(14)21;1-5-19(3,4)18(21)22-20(6-2)11-14-10-15(20)17-13-8-7-12(9-13)16(14)17;1-4-12(2,3)11(14)15-10-7-5-9(13)6-8-10/h5-11H,4H2,1-3H3;12-17H,5-11H2,1-4H3;5-8,13H,4H2,1-3H3. The topological polar surface area (TPSA) is 133 Å². The largest absolute Gasteiger partial charge is 0.508 e. The fraction of sp³-hybridized carbons (Fsp3) is 0.558. The molecule has 0 heterocycles. The van der Waals surface area contributed by atoms with E-state index < -0.39 is 16.8 Å². The number of rotatable bonds is 10. The van der Waals surface area contributed by atoms with Crippen LogP contribution in [0.5, 0.6) is 17.2 Å². The summed E-state index contributed by atoms with van der Waals surface area (Å²) in [4.78, 5) is 62.2. The highest BCUT2D eigenvalue weighted by Crippen LogP contribution is 2.71. The first-order valence-electron chi connectivity index (χ1n) is 22.5. The zero-order chi connectivity index (χ0) is 44.7. The van der Waals surface area contributed by atoms with Gasteiger partial charge in [0, 0.05) is 22.6 Å². The molecule has 7 atom stereocenters. The summed E-state index contributed by atoms with van der Waals surface area (Å²) in [5, 5.41) is 9.06. The van der Waals surface area contributed by atoms with Gasteiger partial charge < -0.3 is 19.3 Å². The molecule has 0 amide bonds. The maximum atomic E-state index is 12.8. The van der Waals surface area contributed by atoms with Crippen molar-refractivity contribution < 1.29 is 43.3 Å². The van der Waals surface area contributed by atoms with Crippen LogP contribution in [0.4, 0.5) is 0 Å². The van der Waals surface area contributed by atoms with Crippen LogP contribution >= 0.6 is 0 Å². The third-order valence-corrected chi connectivity index (χ3v) is 15.3. The van der Waals surface area contributed by atoms with E-state index in [2.05, 4.69) is 13.8 Å². The van der Waals surface area contributed by atoms with Crippen LogP contribution in [0.1, 0.15) is 159 Å². The molecule has 9 heteroatoms. The molecule has 4 bridgehead atoms. The second-order valence-corrected chi connectivity index (χ2v) is 20.0. The van der Waals surface area contributed by atoms with Crippen molar-refractivity contribution >= 4 is 29.5 Å². The van der Waals surface area contributed by atoms with Crippen molar-refractivity contribution in [2.24, 2.45) is 51.8 Å². The number of benzene rings is 3. The van der Waals surface area contributed by atoms with Gasteiger partial charge in [0.05, 0.1) is 21.8 Å². The normalized spacial score (nSPS) is 25.5. The molecule has 4 fully saturated rings. The molecule has 1 N–H and O–H groups in total. The van der Waals surface area contributed by atoms with Crippen molar-refractivity contribution in [2.75, 3.05) is 0 Å². The molecular weight excluding hydrogens is 769 g/mol. The van der Waals surface area contributed by atoms with Crippen molar-refractivity contribution in [1.82, 2.24) is 0 Å². The maximum absolute atomic E-state index is 12.8. The summed E-state index contributed by atoms with van der Waals surface area (Å²) in [6.45, 7) is 19.5.